The van der Waals surface area contributed by atoms with Crippen LogP contribution in [-0.4, -0.2) is 19.7 Å². The van der Waals surface area contributed by atoms with Gasteiger partial charge in [-0.3, -0.25) is 0 Å². The van der Waals surface area contributed by atoms with E-state index in [4.69, 9.17) is 0 Å². The van der Waals surface area contributed by atoms with Crippen molar-refractivity contribution in [3.63, 3.8) is 0 Å². The largest absolute Gasteiger partial charge is 0.387 e. The van der Waals surface area contributed by atoms with Gasteiger partial charge in [0.05, 0.1) is 17.3 Å². The van der Waals surface area contributed by atoms with Gasteiger partial charge in [0.1, 0.15) is 5.82 Å². The van der Waals surface area contributed by atoms with E-state index in [0.29, 0.717) is 5.69 Å². The minimum absolute atomic E-state index is 0.548. The number of imidazole rings is 1. The lowest BCUT2D eigenvalue weighted by Gasteiger charge is -1.98. The quantitative estimate of drug-likeness (QED) is 0.709. The fourth-order valence-electron chi connectivity index (χ4n) is 1.41. The van der Waals surface area contributed by atoms with Crippen molar-refractivity contribution in [2.24, 2.45) is 0 Å². The Labute approximate surface area is 75.8 Å². The Kier molecular flexibility index (Phi) is 1.77. The summed E-state index contributed by atoms with van der Waals surface area (Å²) in [5, 5.41) is 13.6. The second-order valence-corrected chi connectivity index (χ2v) is 3.04. The van der Waals surface area contributed by atoms with E-state index in [9.17, 15) is 5.11 Å². The van der Waals surface area contributed by atoms with Gasteiger partial charge in [-0.1, -0.05) is 0 Å². The van der Waals surface area contributed by atoms with E-state index in [1.54, 1.807) is 17.6 Å². The highest BCUT2D eigenvalue weighted by Crippen LogP contribution is 2.17. The summed E-state index contributed by atoms with van der Waals surface area (Å²) in [6, 6.07) is 3.73. The van der Waals surface area contributed by atoms with Gasteiger partial charge in [0.15, 0.2) is 0 Å². The van der Waals surface area contributed by atoms with Crippen molar-refractivity contribution >= 4 is 5.52 Å². The third-order valence-corrected chi connectivity index (χ3v) is 2.00. The Balaban J connectivity index is 2.78. The van der Waals surface area contributed by atoms with Crippen molar-refractivity contribution < 1.29 is 5.11 Å². The van der Waals surface area contributed by atoms with Crippen molar-refractivity contribution in [3.8, 4) is 0 Å². The first-order chi connectivity index (χ1) is 6.20. The Morgan fingerprint density at radius 2 is 2.31 bits per heavy atom. The smallest absolute Gasteiger partial charge is 0.127 e. The molecule has 4 heteroatoms. The van der Waals surface area contributed by atoms with Crippen LogP contribution in [0.4, 0.5) is 0 Å². The Hall–Kier alpha value is -1.42. The monoisotopic (exact) mass is 177 g/mol. The van der Waals surface area contributed by atoms with Crippen LogP contribution in [0.5, 0.6) is 0 Å². The van der Waals surface area contributed by atoms with Crippen LogP contribution in [-0.2, 0) is 0 Å². The Bertz CT molecular complexity index is 433. The van der Waals surface area contributed by atoms with E-state index in [1.165, 1.54) is 0 Å². The minimum Gasteiger partial charge on any atom is -0.387 e. The number of hydrogen-bond acceptors (Lipinski definition) is 3. The number of aryl methyl sites for hydroxylation is 1. The third-order valence-electron chi connectivity index (χ3n) is 2.00. The lowest BCUT2D eigenvalue weighted by molar-refractivity contribution is 0.196. The van der Waals surface area contributed by atoms with Gasteiger partial charge in [-0.05, 0) is 26.0 Å². The molecule has 0 fully saturated rings. The van der Waals surface area contributed by atoms with E-state index >= 15 is 0 Å². The van der Waals surface area contributed by atoms with Crippen molar-refractivity contribution in [2.75, 3.05) is 0 Å². The molecule has 2 rings (SSSR count). The van der Waals surface area contributed by atoms with Gasteiger partial charge in [0.25, 0.3) is 0 Å². The highest BCUT2D eigenvalue weighted by atomic mass is 16.3. The van der Waals surface area contributed by atoms with Crippen LogP contribution in [0.15, 0.2) is 18.3 Å². The zero-order chi connectivity index (χ0) is 9.42. The maximum atomic E-state index is 9.43. The third kappa shape index (κ3) is 1.19. The number of aliphatic hydroxyl groups is 1. The van der Waals surface area contributed by atoms with Gasteiger partial charge in [-0.15, -0.1) is 0 Å². The first-order valence-corrected chi connectivity index (χ1v) is 4.18. The number of fused-ring (bicyclic) bond motifs is 1. The molecule has 0 aliphatic heterocycles. The molecule has 0 radical (unpaired) electrons. The van der Waals surface area contributed by atoms with Gasteiger partial charge in [-0.25, -0.2) is 9.50 Å². The molecule has 0 saturated heterocycles. The summed E-state index contributed by atoms with van der Waals surface area (Å²) in [5.41, 5.74) is 1.56. The van der Waals surface area contributed by atoms with Crippen molar-refractivity contribution in [2.45, 2.75) is 20.0 Å². The molecule has 2 aromatic rings. The summed E-state index contributed by atoms with van der Waals surface area (Å²) in [5.74, 6) is 0.798. The van der Waals surface area contributed by atoms with Gasteiger partial charge in [0, 0.05) is 6.20 Å². The fraction of sp³-hybridized carbons (Fsp3) is 0.333. The van der Waals surface area contributed by atoms with E-state index < -0.39 is 6.10 Å². The van der Waals surface area contributed by atoms with Gasteiger partial charge >= 0.3 is 0 Å². The van der Waals surface area contributed by atoms with Crippen LogP contribution in [0, 0.1) is 6.92 Å². The number of rotatable bonds is 1. The van der Waals surface area contributed by atoms with E-state index in [2.05, 4.69) is 10.1 Å². The van der Waals surface area contributed by atoms with Crippen molar-refractivity contribution in [3.05, 3.63) is 29.8 Å². The molecule has 0 aromatic carbocycles. The van der Waals surface area contributed by atoms with Crippen LogP contribution in [0.3, 0.4) is 0 Å². The normalized spacial score (nSPS) is 13.5. The fourth-order valence-corrected chi connectivity index (χ4v) is 1.41. The van der Waals surface area contributed by atoms with Crippen LogP contribution in [0.2, 0.25) is 0 Å². The molecule has 68 valence electrons. The van der Waals surface area contributed by atoms with E-state index in [-0.39, 0.29) is 0 Å². The maximum absolute atomic E-state index is 9.43. The molecule has 4 nitrogen and oxygen atoms in total. The van der Waals surface area contributed by atoms with Crippen LogP contribution in [0.25, 0.3) is 5.52 Å². The Morgan fingerprint density at radius 3 is 3.00 bits per heavy atom. The van der Waals surface area contributed by atoms with Crippen LogP contribution >= 0.6 is 0 Å². The second kappa shape index (κ2) is 2.81. The molecule has 2 heterocycles. The number of nitrogens with zero attached hydrogens (tertiary/aromatic N) is 3. The van der Waals surface area contributed by atoms with Crippen molar-refractivity contribution in [1.29, 1.82) is 0 Å². The predicted molar refractivity (Wildman–Crippen MR) is 48.4 cm³/mol. The SMILES string of the molecule is Cc1nc(C(C)O)c2cccnn12. The molecule has 13 heavy (non-hydrogen) atoms. The summed E-state index contributed by atoms with van der Waals surface area (Å²) in [6.07, 6.45) is 1.15. The standard InChI is InChI=1S/C9H11N3O/c1-6(13)9-8-4-3-5-10-12(8)7(2)11-9/h3-6,13H,1-2H3. The summed E-state index contributed by atoms with van der Waals surface area (Å²) in [7, 11) is 0. The molecular formula is C9H11N3O. The van der Waals surface area contributed by atoms with Gasteiger partial charge in [0.2, 0.25) is 0 Å². The predicted octanol–water partition coefficient (Wildman–Crippen LogP) is 1.09. The number of aromatic nitrogens is 3. The molecule has 1 unspecified atom stereocenters. The average molecular weight is 177 g/mol. The van der Waals surface area contributed by atoms with E-state index in [1.807, 2.05) is 19.1 Å². The van der Waals surface area contributed by atoms with Gasteiger partial charge < -0.3 is 5.11 Å². The zero-order valence-corrected chi connectivity index (χ0v) is 7.60. The lowest BCUT2D eigenvalue weighted by atomic mass is 10.2. The maximum Gasteiger partial charge on any atom is 0.127 e. The van der Waals surface area contributed by atoms with Crippen LogP contribution < -0.4 is 0 Å². The molecule has 0 bridgehead atoms. The summed E-state index contributed by atoms with van der Waals surface area (Å²) in [6.45, 7) is 3.57. The highest BCUT2D eigenvalue weighted by Gasteiger charge is 2.11. The number of hydrogen-bond donors (Lipinski definition) is 1. The molecule has 2 aromatic heterocycles. The molecule has 0 aliphatic carbocycles. The Morgan fingerprint density at radius 1 is 1.54 bits per heavy atom. The van der Waals surface area contributed by atoms with Crippen molar-refractivity contribution in [1.82, 2.24) is 14.6 Å². The zero-order valence-electron chi connectivity index (χ0n) is 7.60. The number of aliphatic hydroxyl groups excluding tert-OH is 1. The lowest BCUT2D eigenvalue weighted by Crippen LogP contribution is -1.93. The molecule has 0 aliphatic rings. The minimum atomic E-state index is -0.548. The van der Waals surface area contributed by atoms with Gasteiger partial charge in [-0.2, -0.15) is 5.10 Å². The highest BCUT2D eigenvalue weighted by molar-refractivity contribution is 5.52. The first kappa shape index (κ1) is 8.19. The molecule has 0 saturated carbocycles. The molecule has 1 atom stereocenters. The molecule has 1 N–H and O–H groups in total. The summed E-state index contributed by atoms with van der Waals surface area (Å²) in [4.78, 5) is 4.24. The molecule has 0 spiro atoms. The second-order valence-electron chi connectivity index (χ2n) is 3.04. The molecule has 0 amide bonds. The van der Waals surface area contributed by atoms with Crippen LogP contribution in [0.1, 0.15) is 24.5 Å². The average Bonchev–Trinajstić information content (AvgIpc) is 2.45. The molecular weight excluding hydrogens is 166 g/mol. The topological polar surface area (TPSA) is 50.4 Å². The summed E-state index contributed by atoms with van der Waals surface area (Å²) >= 11 is 0. The van der Waals surface area contributed by atoms with E-state index in [0.717, 1.165) is 11.3 Å². The summed E-state index contributed by atoms with van der Waals surface area (Å²) < 4.78 is 1.72. The first-order valence-electron chi connectivity index (χ1n) is 4.18.